The molecule has 1 amide bonds. The zero-order valence-corrected chi connectivity index (χ0v) is 15.7. The summed E-state index contributed by atoms with van der Waals surface area (Å²) in [7, 11) is 0. The number of carbonyl (C=O) groups is 2. The van der Waals surface area contributed by atoms with E-state index in [1.807, 2.05) is 25.1 Å². The minimum absolute atomic E-state index is 0.175. The first-order chi connectivity index (χ1) is 12.5. The van der Waals surface area contributed by atoms with Crippen molar-refractivity contribution in [3.63, 3.8) is 0 Å². The van der Waals surface area contributed by atoms with E-state index in [0.717, 1.165) is 25.2 Å². The number of carbonyl (C=O) groups excluding carboxylic acids is 2. The number of aryl methyl sites for hydroxylation is 1. The maximum absolute atomic E-state index is 12.2. The van der Waals surface area contributed by atoms with E-state index in [0.29, 0.717) is 23.4 Å². The molecule has 2 rings (SSSR count). The summed E-state index contributed by atoms with van der Waals surface area (Å²) < 4.78 is 5.32. The van der Waals surface area contributed by atoms with Gasteiger partial charge in [-0.25, -0.2) is 4.79 Å². The highest BCUT2D eigenvalue weighted by Crippen LogP contribution is 2.13. The Morgan fingerprint density at radius 2 is 1.69 bits per heavy atom. The Bertz CT molecular complexity index is 737. The van der Waals surface area contributed by atoms with Crippen LogP contribution >= 0.6 is 0 Å². The van der Waals surface area contributed by atoms with Crippen molar-refractivity contribution in [2.45, 2.75) is 20.8 Å². The van der Waals surface area contributed by atoms with E-state index in [1.54, 1.807) is 30.3 Å². The van der Waals surface area contributed by atoms with Crippen molar-refractivity contribution in [2.24, 2.45) is 0 Å². The van der Waals surface area contributed by atoms with Gasteiger partial charge in [0.2, 0.25) is 0 Å². The molecular weight excluding hydrogens is 328 g/mol. The van der Waals surface area contributed by atoms with Crippen molar-refractivity contribution >= 4 is 17.6 Å². The second kappa shape index (κ2) is 9.73. The molecule has 138 valence electrons. The van der Waals surface area contributed by atoms with E-state index in [4.69, 9.17) is 4.74 Å². The summed E-state index contributed by atoms with van der Waals surface area (Å²) in [5.74, 6) is -0.514. The van der Waals surface area contributed by atoms with Gasteiger partial charge in [-0.05, 0) is 57.2 Å². The average molecular weight is 355 g/mol. The largest absolute Gasteiger partial charge is 0.456 e. The number of nitrogens with one attached hydrogen (secondary N) is 2. The van der Waals surface area contributed by atoms with Gasteiger partial charge in [0.1, 0.15) is 13.2 Å². The molecule has 0 radical (unpaired) electrons. The lowest BCUT2D eigenvalue weighted by Gasteiger charge is -2.15. The van der Waals surface area contributed by atoms with Crippen LogP contribution in [-0.4, -0.2) is 38.1 Å². The lowest BCUT2D eigenvalue weighted by molar-refractivity contribution is -0.896. The Hall–Kier alpha value is -2.66. The van der Waals surface area contributed by atoms with Gasteiger partial charge in [0, 0.05) is 11.3 Å². The number of rotatable bonds is 8. The number of anilines is 1. The number of benzene rings is 2. The van der Waals surface area contributed by atoms with Crippen LogP contribution in [0, 0.1) is 6.92 Å². The van der Waals surface area contributed by atoms with Crippen molar-refractivity contribution < 1.29 is 19.2 Å². The first kappa shape index (κ1) is 19.7. The molecule has 5 heteroatoms. The molecule has 2 aromatic carbocycles. The third kappa shape index (κ3) is 5.70. The zero-order chi connectivity index (χ0) is 18.9. The highest BCUT2D eigenvalue weighted by molar-refractivity contribution is 6.04. The summed E-state index contributed by atoms with van der Waals surface area (Å²) in [4.78, 5) is 25.7. The number of quaternary nitrogens is 1. The molecule has 0 spiro atoms. The SMILES string of the molecule is CC[NH+](CC)CCOC(=O)c1ccc(NC(=O)c2cccc(C)c2)cc1. The fourth-order valence-corrected chi connectivity index (χ4v) is 2.65. The third-order valence-electron chi connectivity index (χ3n) is 4.35. The van der Waals surface area contributed by atoms with Crippen LogP contribution in [0.5, 0.6) is 0 Å². The Labute approximate surface area is 155 Å². The van der Waals surface area contributed by atoms with E-state index >= 15 is 0 Å². The number of ether oxygens (including phenoxy) is 1. The molecular formula is C21H27N2O3+. The zero-order valence-electron chi connectivity index (χ0n) is 15.7. The Balaban J connectivity index is 1.89. The maximum atomic E-state index is 12.2. The van der Waals surface area contributed by atoms with Crippen LogP contribution in [0.1, 0.15) is 40.1 Å². The molecule has 0 aliphatic heterocycles. The van der Waals surface area contributed by atoms with Gasteiger partial charge in [-0.2, -0.15) is 0 Å². The number of esters is 1. The fraction of sp³-hybridized carbons (Fsp3) is 0.333. The number of hydrogen-bond acceptors (Lipinski definition) is 3. The van der Waals surface area contributed by atoms with Crippen LogP contribution in [0.15, 0.2) is 48.5 Å². The highest BCUT2D eigenvalue weighted by Gasteiger charge is 2.10. The number of hydrogen-bond donors (Lipinski definition) is 2. The van der Waals surface area contributed by atoms with Gasteiger partial charge in [0.15, 0.2) is 0 Å². The van der Waals surface area contributed by atoms with Gasteiger partial charge in [-0.1, -0.05) is 17.7 Å². The molecule has 26 heavy (non-hydrogen) atoms. The van der Waals surface area contributed by atoms with Gasteiger partial charge in [0.25, 0.3) is 5.91 Å². The third-order valence-corrected chi connectivity index (χ3v) is 4.35. The second-order valence-electron chi connectivity index (χ2n) is 6.24. The predicted octanol–water partition coefficient (Wildman–Crippen LogP) is 2.33. The van der Waals surface area contributed by atoms with E-state index in [-0.39, 0.29) is 11.9 Å². The first-order valence-electron chi connectivity index (χ1n) is 9.02. The second-order valence-corrected chi connectivity index (χ2v) is 6.24. The first-order valence-corrected chi connectivity index (χ1v) is 9.02. The molecule has 5 nitrogen and oxygen atoms in total. The van der Waals surface area contributed by atoms with Gasteiger partial charge in [-0.3, -0.25) is 4.79 Å². The summed E-state index contributed by atoms with van der Waals surface area (Å²) in [5.41, 5.74) is 2.75. The monoisotopic (exact) mass is 355 g/mol. The summed E-state index contributed by atoms with van der Waals surface area (Å²) in [5, 5.41) is 2.83. The standard InChI is InChI=1S/C21H26N2O3/c1-4-23(5-2)13-14-26-21(25)17-9-11-19(12-10-17)22-20(24)18-8-6-7-16(3)15-18/h6-12,15H,4-5,13-14H2,1-3H3,(H,22,24)/p+1. The van der Waals surface area contributed by atoms with E-state index in [2.05, 4.69) is 19.2 Å². The Kier molecular flexibility index (Phi) is 7.36. The quantitative estimate of drug-likeness (QED) is 0.715. The van der Waals surface area contributed by atoms with E-state index < -0.39 is 0 Å². The number of amides is 1. The summed E-state index contributed by atoms with van der Waals surface area (Å²) in [6, 6.07) is 14.1. The molecule has 0 heterocycles. The van der Waals surface area contributed by atoms with E-state index in [9.17, 15) is 9.59 Å². The molecule has 2 aromatic rings. The van der Waals surface area contributed by atoms with Crippen LogP contribution in [0.25, 0.3) is 0 Å². The van der Waals surface area contributed by atoms with Gasteiger partial charge in [0.05, 0.1) is 18.7 Å². The van der Waals surface area contributed by atoms with Gasteiger partial charge < -0.3 is 15.0 Å². The molecule has 0 atom stereocenters. The highest BCUT2D eigenvalue weighted by atomic mass is 16.5. The average Bonchev–Trinajstić information content (AvgIpc) is 2.65. The lowest BCUT2D eigenvalue weighted by Crippen LogP contribution is -3.11. The van der Waals surface area contributed by atoms with Crippen molar-refractivity contribution in [1.82, 2.24) is 0 Å². The normalized spacial score (nSPS) is 10.6. The smallest absolute Gasteiger partial charge is 0.338 e. The van der Waals surface area contributed by atoms with Crippen molar-refractivity contribution in [2.75, 3.05) is 31.6 Å². The molecule has 0 aliphatic carbocycles. The molecule has 0 saturated heterocycles. The maximum Gasteiger partial charge on any atom is 0.338 e. The van der Waals surface area contributed by atoms with Crippen molar-refractivity contribution in [3.8, 4) is 0 Å². The molecule has 0 bridgehead atoms. The molecule has 0 aromatic heterocycles. The Morgan fingerprint density at radius 3 is 2.31 bits per heavy atom. The topological polar surface area (TPSA) is 59.8 Å². The van der Waals surface area contributed by atoms with E-state index in [1.165, 1.54) is 4.90 Å². The summed E-state index contributed by atoms with van der Waals surface area (Å²) in [6.07, 6.45) is 0. The summed E-state index contributed by atoms with van der Waals surface area (Å²) >= 11 is 0. The number of likely N-dealkylation sites (N-methyl/N-ethyl adjacent to an activating group) is 1. The van der Waals surface area contributed by atoms with Crippen LogP contribution < -0.4 is 10.2 Å². The fourth-order valence-electron chi connectivity index (χ4n) is 2.65. The van der Waals surface area contributed by atoms with Crippen LogP contribution in [-0.2, 0) is 4.74 Å². The van der Waals surface area contributed by atoms with Crippen molar-refractivity contribution in [3.05, 3.63) is 65.2 Å². The minimum atomic E-state index is -0.340. The van der Waals surface area contributed by atoms with Gasteiger partial charge >= 0.3 is 5.97 Å². The van der Waals surface area contributed by atoms with Gasteiger partial charge in [-0.15, -0.1) is 0 Å². The predicted molar refractivity (Wildman–Crippen MR) is 103 cm³/mol. The molecule has 2 N–H and O–H groups in total. The van der Waals surface area contributed by atoms with Crippen LogP contribution in [0.4, 0.5) is 5.69 Å². The van der Waals surface area contributed by atoms with Crippen LogP contribution in [0.2, 0.25) is 0 Å². The minimum Gasteiger partial charge on any atom is -0.456 e. The summed E-state index contributed by atoms with van der Waals surface area (Å²) in [6.45, 7) is 9.42. The molecule has 0 saturated carbocycles. The lowest BCUT2D eigenvalue weighted by atomic mass is 10.1. The molecule has 0 unspecified atom stereocenters. The molecule has 0 fully saturated rings. The van der Waals surface area contributed by atoms with Crippen molar-refractivity contribution in [1.29, 1.82) is 0 Å². The van der Waals surface area contributed by atoms with Crippen LogP contribution in [0.3, 0.4) is 0 Å². The molecule has 0 aliphatic rings. The Morgan fingerprint density at radius 1 is 1.00 bits per heavy atom.